The first-order chi connectivity index (χ1) is 10.1. The number of imidazole rings is 1. The molecule has 0 radical (unpaired) electrons. The number of nitrogens with zero attached hydrogens (tertiary/aromatic N) is 2. The molecule has 5 nitrogen and oxygen atoms in total. The SMILES string of the molecule is CCc1nc2ccccn2c1C(=O)NCCCOC(C)C. The van der Waals surface area contributed by atoms with Crippen LogP contribution in [0.4, 0.5) is 0 Å². The van der Waals surface area contributed by atoms with Crippen molar-refractivity contribution in [2.45, 2.75) is 39.7 Å². The van der Waals surface area contributed by atoms with Crippen molar-refractivity contribution in [3.8, 4) is 0 Å². The lowest BCUT2D eigenvalue weighted by atomic mass is 10.2. The van der Waals surface area contributed by atoms with Gasteiger partial charge in [-0.2, -0.15) is 0 Å². The van der Waals surface area contributed by atoms with Crippen LogP contribution in [0.1, 0.15) is 43.4 Å². The van der Waals surface area contributed by atoms with Gasteiger partial charge in [0.2, 0.25) is 0 Å². The zero-order valence-corrected chi connectivity index (χ0v) is 12.9. The maximum atomic E-state index is 12.4. The van der Waals surface area contributed by atoms with Gasteiger partial charge in [0.15, 0.2) is 0 Å². The van der Waals surface area contributed by atoms with Gasteiger partial charge in [-0.1, -0.05) is 13.0 Å². The molecule has 0 saturated carbocycles. The highest BCUT2D eigenvalue weighted by Crippen LogP contribution is 2.13. The molecule has 1 amide bonds. The van der Waals surface area contributed by atoms with Crippen molar-refractivity contribution in [3.63, 3.8) is 0 Å². The number of ether oxygens (including phenoxy) is 1. The average Bonchev–Trinajstić information content (AvgIpc) is 2.84. The number of aryl methyl sites for hydroxylation is 1. The van der Waals surface area contributed by atoms with Gasteiger partial charge in [-0.05, 0) is 38.8 Å². The Balaban J connectivity index is 2.02. The fourth-order valence-corrected chi connectivity index (χ4v) is 2.21. The lowest BCUT2D eigenvalue weighted by molar-refractivity contribution is 0.0756. The van der Waals surface area contributed by atoms with Crippen LogP contribution in [-0.4, -0.2) is 34.5 Å². The molecule has 0 spiro atoms. The second-order valence-corrected chi connectivity index (χ2v) is 5.22. The van der Waals surface area contributed by atoms with Crippen LogP contribution in [0.15, 0.2) is 24.4 Å². The quantitative estimate of drug-likeness (QED) is 0.797. The first-order valence-electron chi connectivity index (χ1n) is 7.49. The summed E-state index contributed by atoms with van der Waals surface area (Å²) in [5.74, 6) is -0.0740. The van der Waals surface area contributed by atoms with Crippen LogP contribution in [0, 0.1) is 0 Å². The van der Waals surface area contributed by atoms with Crippen LogP contribution >= 0.6 is 0 Å². The number of carbonyl (C=O) groups excluding carboxylic acids is 1. The van der Waals surface area contributed by atoms with Crippen LogP contribution in [0.3, 0.4) is 0 Å². The van der Waals surface area contributed by atoms with E-state index >= 15 is 0 Å². The van der Waals surface area contributed by atoms with E-state index in [4.69, 9.17) is 4.74 Å². The highest BCUT2D eigenvalue weighted by Gasteiger charge is 2.17. The van der Waals surface area contributed by atoms with Crippen molar-refractivity contribution >= 4 is 11.6 Å². The highest BCUT2D eigenvalue weighted by molar-refractivity contribution is 5.94. The molecule has 5 heteroatoms. The molecule has 0 aliphatic heterocycles. The highest BCUT2D eigenvalue weighted by atomic mass is 16.5. The molecule has 2 aromatic heterocycles. The van der Waals surface area contributed by atoms with Crippen LogP contribution in [0.5, 0.6) is 0 Å². The minimum atomic E-state index is -0.0740. The van der Waals surface area contributed by atoms with E-state index < -0.39 is 0 Å². The van der Waals surface area contributed by atoms with Gasteiger partial charge in [0.05, 0.1) is 11.8 Å². The average molecular weight is 289 g/mol. The van der Waals surface area contributed by atoms with Gasteiger partial charge < -0.3 is 10.1 Å². The fraction of sp³-hybridized carbons (Fsp3) is 0.500. The first-order valence-corrected chi connectivity index (χ1v) is 7.49. The monoisotopic (exact) mass is 289 g/mol. The Morgan fingerprint density at radius 3 is 2.95 bits per heavy atom. The smallest absolute Gasteiger partial charge is 0.270 e. The topological polar surface area (TPSA) is 55.6 Å². The first kappa shape index (κ1) is 15.5. The van der Waals surface area contributed by atoms with Crippen LogP contribution < -0.4 is 5.32 Å². The summed E-state index contributed by atoms with van der Waals surface area (Å²) in [5.41, 5.74) is 2.28. The maximum Gasteiger partial charge on any atom is 0.270 e. The molecule has 2 heterocycles. The molecule has 0 aliphatic carbocycles. The lowest BCUT2D eigenvalue weighted by Gasteiger charge is -2.09. The molecule has 1 N–H and O–H groups in total. The van der Waals surface area contributed by atoms with Crippen molar-refractivity contribution in [1.82, 2.24) is 14.7 Å². The standard InChI is InChI=1S/C16H23N3O2/c1-4-13-15(19-10-6-5-8-14(19)18-13)16(20)17-9-7-11-21-12(2)3/h5-6,8,10,12H,4,7,9,11H2,1-3H3,(H,17,20). The van der Waals surface area contributed by atoms with Gasteiger partial charge in [0.1, 0.15) is 11.3 Å². The zero-order chi connectivity index (χ0) is 15.2. The van der Waals surface area contributed by atoms with Gasteiger partial charge >= 0.3 is 0 Å². The van der Waals surface area contributed by atoms with Crippen molar-refractivity contribution < 1.29 is 9.53 Å². The number of hydrogen-bond donors (Lipinski definition) is 1. The third kappa shape index (κ3) is 3.82. The molecule has 0 aromatic carbocycles. The van der Waals surface area contributed by atoms with Crippen LogP contribution in [0.2, 0.25) is 0 Å². The summed E-state index contributed by atoms with van der Waals surface area (Å²) in [5, 5.41) is 2.95. The summed E-state index contributed by atoms with van der Waals surface area (Å²) >= 11 is 0. The van der Waals surface area contributed by atoms with Crippen molar-refractivity contribution in [3.05, 3.63) is 35.8 Å². The third-order valence-corrected chi connectivity index (χ3v) is 3.21. The molecule has 0 saturated heterocycles. The summed E-state index contributed by atoms with van der Waals surface area (Å²) in [4.78, 5) is 16.9. The molecule has 114 valence electrons. The summed E-state index contributed by atoms with van der Waals surface area (Å²) in [7, 11) is 0. The summed E-state index contributed by atoms with van der Waals surface area (Å²) < 4.78 is 7.31. The van der Waals surface area contributed by atoms with Crippen molar-refractivity contribution in [2.75, 3.05) is 13.2 Å². The zero-order valence-electron chi connectivity index (χ0n) is 12.9. The van der Waals surface area contributed by atoms with Crippen LogP contribution in [0.25, 0.3) is 5.65 Å². The molecule has 0 aliphatic rings. The van der Waals surface area contributed by atoms with Crippen LogP contribution in [-0.2, 0) is 11.2 Å². The van der Waals surface area contributed by atoms with Gasteiger partial charge in [0.25, 0.3) is 5.91 Å². The largest absolute Gasteiger partial charge is 0.379 e. The number of hydrogen-bond acceptors (Lipinski definition) is 3. The molecule has 21 heavy (non-hydrogen) atoms. The summed E-state index contributed by atoms with van der Waals surface area (Å²) in [6.07, 6.45) is 3.65. The van der Waals surface area contributed by atoms with Gasteiger partial charge in [-0.25, -0.2) is 4.98 Å². The van der Waals surface area contributed by atoms with Gasteiger partial charge in [-0.15, -0.1) is 0 Å². The Hall–Kier alpha value is -1.88. The Labute approximate surface area is 125 Å². The van der Waals surface area contributed by atoms with Crippen molar-refractivity contribution in [1.29, 1.82) is 0 Å². The molecular formula is C16H23N3O2. The lowest BCUT2D eigenvalue weighted by Crippen LogP contribution is -2.27. The minimum absolute atomic E-state index is 0.0740. The molecule has 0 fully saturated rings. The van der Waals surface area contributed by atoms with E-state index in [9.17, 15) is 4.79 Å². The molecule has 0 unspecified atom stereocenters. The molecule has 0 bridgehead atoms. The van der Waals surface area contributed by atoms with E-state index in [1.165, 1.54) is 0 Å². The van der Waals surface area contributed by atoms with E-state index in [0.29, 0.717) is 18.8 Å². The predicted octanol–water partition coefficient (Wildman–Crippen LogP) is 2.44. The van der Waals surface area contributed by atoms with Gasteiger partial charge in [0, 0.05) is 19.3 Å². The molecule has 2 rings (SSSR count). The Morgan fingerprint density at radius 2 is 2.24 bits per heavy atom. The number of nitrogens with one attached hydrogen (secondary N) is 1. The summed E-state index contributed by atoms with van der Waals surface area (Å²) in [6.45, 7) is 7.28. The van der Waals surface area contributed by atoms with E-state index in [-0.39, 0.29) is 12.0 Å². The summed E-state index contributed by atoms with van der Waals surface area (Å²) in [6, 6.07) is 5.74. The Bertz CT molecular complexity index is 605. The predicted molar refractivity (Wildman–Crippen MR) is 82.6 cm³/mol. The second kappa shape index (κ2) is 7.22. The number of rotatable bonds is 7. The number of amides is 1. The van der Waals surface area contributed by atoms with E-state index in [0.717, 1.165) is 24.2 Å². The molecular weight excluding hydrogens is 266 g/mol. The van der Waals surface area contributed by atoms with Crippen molar-refractivity contribution in [2.24, 2.45) is 0 Å². The maximum absolute atomic E-state index is 12.4. The molecule has 2 aromatic rings. The number of aromatic nitrogens is 2. The third-order valence-electron chi connectivity index (χ3n) is 3.21. The Kier molecular flexibility index (Phi) is 5.33. The molecule has 0 atom stereocenters. The van der Waals surface area contributed by atoms with E-state index in [1.54, 1.807) is 0 Å². The normalized spacial score (nSPS) is 11.2. The van der Waals surface area contributed by atoms with E-state index in [1.807, 2.05) is 49.6 Å². The van der Waals surface area contributed by atoms with Gasteiger partial charge in [-0.3, -0.25) is 9.20 Å². The second-order valence-electron chi connectivity index (χ2n) is 5.22. The van der Waals surface area contributed by atoms with E-state index in [2.05, 4.69) is 10.3 Å². The number of fused-ring (bicyclic) bond motifs is 1. The fourth-order valence-electron chi connectivity index (χ4n) is 2.21. The minimum Gasteiger partial charge on any atom is -0.379 e. The number of carbonyl (C=O) groups is 1. The number of pyridine rings is 1. The Morgan fingerprint density at radius 1 is 1.43 bits per heavy atom.